The van der Waals surface area contributed by atoms with Crippen molar-refractivity contribution in [1.82, 2.24) is 15.0 Å². The number of rotatable bonds is 3. The van der Waals surface area contributed by atoms with E-state index in [-0.39, 0.29) is 10.8 Å². The fraction of sp³-hybridized carbons (Fsp3) is 0. The minimum absolute atomic E-state index is 0.128. The highest BCUT2D eigenvalue weighted by atomic mass is 35.5. The molecule has 0 spiro atoms. The van der Waals surface area contributed by atoms with Crippen LogP contribution in [0.15, 0.2) is 34.6 Å². The van der Waals surface area contributed by atoms with Crippen LogP contribution in [0.3, 0.4) is 0 Å². The summed E-state index contributed by atoms with van der Waals surface area (Å²) in [5.41, 5.74) is -0.128. The lowest BCUT2D eigenvalue weighted by Gasteiger charge is -2.04. The van der Waals surface area contributed by atoms with Gasteiger partial charge in [0.2, 0.25) is 0 Å². The van der Waals surface area contributed by atoms with Crippen LogP contribution < -0.4 is 0 Å². The van der Waals surface area contributed by atoms with Crippen molar-refractivity contribution in [2.45, 2.75) is 9.92 Å². The second-order valence-corrected chi connectivity index (χ2v) is 4.86. The number of carboxylic acid groups (broad SMARTS) is 1. The fourth-order valence-corrected chi connectivity index (χ4v) is 2.33. The summed E-state index contributed by atoms with van der Waals surface area (Å²) in [6.07, 6.45) is 4.13. The molecule has 8 heteroatoms. The molecule has 0 aliphatic carbocycles. The molecule has 1 N–H and O–H groups in total. The van der Waals surface area contributed by atoms with Crippen LogP contribution in [0.1, 0.15) is 10.5 Å². The van der Waals surface area contributed by atoms with Crippen molar-refractivity contribution in [3.63, 3.8) is 0 Å². The lowest BCUT2D eigenvalue weighted by Crippen LogP contribution is -2.01. The number of nitrogens with zero attached hydrogens (tertiary/aromatic N) is 3. The Morgan fingerprint density at radius 1 is 1.33 bits per heavy atom. The number of carboxylic acids is 1. The van der Waals surface area contributed by atoms with Crippen LogP contribution in [0.25, 0.3) is 0 Å². The average Bonchev–Trinajstić information content (AvgIpc) is 2.35. The van der Waals surface area contributed by atoms with Crippen molar-refractivity contribution in [2.75, 3.05) is 0 Å². The van der Waals surface area contributed by atoms with Gasteiger partial charge in [-0.05, 0) is 6.07 Å². The fourth-order valence-electron chi connectivity index (χ4n) is 1.09. The summed E-state index contributed by atoms with van der Waals surface area (Å²) in [6, 6.07) is 1.66. The third kappa shape index (κ3) is 2.90. The Hall–Kier alpha value is -1.37. The van der Waals surface area contributed by atoms with Crippen LogP contribution in [0.4, 0.5) is 0 Å². The molecule has 18 heavy (non-hydrogen) atoms. The smallest absolute Gasteiger partial charge is 0.356 e. The van der Waals surface area contributed by atoms with Crippen LogP contribution in [0, 0.1) is 0 Å². The van der Waals surface area contributed by atoms with Gasteiger partial charge >= 0.3 is 5.97 Å². The lowest BCUT2D eigenvalue weighted by atomic mass is 10.5. The minimum Gasteiger partial charge on any atom is -0.476 e. The number of pyridine rings is 1. The largest absolute Gasteiger partial charge is 0.476 e. The molecule has 92 valence electrons. The number of aromatic carboxylic acids is 1. The van der Waals surface area contributed by atoms with E-state index in [2.05, 4.69) is 15.0 Å². The van der Waals surface area contributed by atoms with Crippen LogP contribution in [-0.4, -0.2) is 26.0 Å². The predicted molar refractivity (Wildman–Crippen MR) is 67.4 cm³/mol. The molecule has 0 radical (unpaired) electrons. The maximum Gasteiger partial charge on any atom is 0.356 e. The van der Waals surface area contributed by atoms with Gasteiger partial charge in [-0.2, -0.15) is 0 Å². The summed E-state index contributed by atoms with van der Waals surface area (Å²) in [6.45, 7) is 0. The molecule has 0 unspecified atom stereocenters. The van der Waals surface area contributed by atoms with Crippen LogP contribution >= 0.6 is 35.0 Å². The van der Waals surface area contributed by atoms with Crippen molar-refractivity contribution in [1.29, 1.82) is 0 Å². The first-order valence-corrected chi connectivity index (χ1v) is 6.18. The first-order chi connectivity index (χ1) is 8.58. The molecule has 0 fully saturated rings. The zero-order chi connectivity index (χ0) is 13.1. The molecule has 0 atom stereocenters. The molecule has 0 saturated heterocycles. The molecule has 0 aromatic carbocycles. The summed E-state index contributed by atoms with van der Waals surface area (Å²) < 4.78 is 0. The SMILES string of the molecule is O=C(O)c1cncc(Sc2ccnc(Cl)c2Cl)n1. The molecular formula is C10H5Cl2N3O2S. The van der Waals surface area contributed by atoms with Gasteiger partial charge in [-0.25, -0.2) is 14.8 Å². The molecule has 0 saturated carbocycles. The average molecular weight is 302 g/mol. The van der Waals surface area contributed by atoms with Gasteiger partial charge in [-0.3, -0.25) is 4.98 Å². The topological polar surface area (TPSA) is 76.0 Å². The molecule has 2 rings (SSSR count). The first kappa shape index (κ1) is 13.1. The van der Waals surface area contributed by atoms with Gasteiger partial charge in [-0.15, -0.1) is 0 Å². The summed E-state index contributed by atoms with van der Waals surface area (Å²) in [7, 11) is 0. The number of hydrogen-bond donors (Lipinski definition) is 1. The Labute approximate surface area is 116 Å². The van der Waals surface area contributed by atoms with Gasteiger partial charge in [0.25, 0.3) is 0 Å². The van der Waals surface area contributed by atoms with E-state index in [4.69, 9.17) is 28.3 Å². The molecule has 2 aromatic heterocycles. The van der Waals surface area contributed by atoms with Crippen LogP contribution in [0.5, 0.6) is 0 Å². The van der Waals surface area contributed by atoms with Crippen molar-refractivity contribution < 1.29 is 9.90 Å². The number of aromatic nitrogens is 3. The molecule has 0 aliphatic rings. The number of halogens is 2. The molecule has 0 amide bonds. The third-order valence-corrected chi connectivity index (χ3v) is 3.70. The summed E-state index contributed by atoms with van der Waals surface area (Å²) >= 11 is 12.9. The van der Waals surface area contributed by atoms with Crippen LogP contribution in [0.2, 0.25) is 10.2 Å². The van der Waals surface area contributed by atoms with E-state index in [1.165, 1.54) is 30.4 Å². The van der Waals surface area contributed by atoms with Crippen molar-refractivity contribution >= 4 is 40.9 Å². The van der Waals surface area contributed by atoms with E-state index in [1.807, 2.05) is 0 Å². The normalized spacial score (nSPS) is 10.3. The van der Waals surface area contributed by atoms with Gasteiger partial charge in [-0.1, -0.05) is 35.0 Å². The van der Waals surface area contributed by atoms with Gasteiger partial charge in [0.05, 0.1) is 17.4 Å². The summed E-state index contributed by atoms with van der Waals surface area (Å²) in [5.74, 6) is -1.14. The number of carbonyl (C=O) groups is 1. The maximum atomic E-state index is 10.8. The molecular weight excluding hydrogens is 297 g/mol. The quantitative estimate of drug-likeness (QED) is 0.878. The van der Waals surface area contributed by atoms with E-state index >= 15 is 0 Å². The molecule has 2 aromatic rings. The Balaban J connectivity index is 2.31. The highest BCUT2D eigenvalue weighted by molar-refractivity contribution is 7.99. The molecule has 5 nitrogen and oxygen atoms in total. The molecule has 0 bridgehead atoms. The van der Waals surface area contributed by atoms with E-state index in [0.717, 1.165) is 0 Å². The Morgan fingerprint density at radius 3 is 2.83 bits per heavy atom. The standard InChI is InChI=1S/C10H5Cl2N3O2S/c11-8-6(1-2-14-9(8)12)18-7-4-13-3-5(15-7)10(16)17/h1-4H,(H,16,17). The Bertz CT molecular complexity index is 609. The molecule has 0 aliphatic heterocycles. The van der Waals surface area contributed by atoms with E-state index in [1.54, 1.807) is 6.07 Å². The number of hydrogen-bond acceptors (Lipinski definition) is 5. The van der Waals surface area contributed by atoms with Gasteiger partial charge < -0.3 is 5.11 Å². The van der Waals surface area contributed by atoms with Crippen molar-refractivity contribution in [3.8, 4) is 0 Å². The Morgan fingerprint density at radius 2 is 2.11 bits per heavy atom. The van der Waals surface area contributed by atoms with E-state index < -0.39 is 5.97 Å². The zero-order valence-corrected chi connectivity index (χ0v) is 11.0. The second-order valence-electron chi connectivity index (χ2n) is 3.06. The summed E-state index contributed by atoms with van der Waals surface area (Å²) in [4.78, 5) is 22.9. The first-order valence-electron chi connectivity index (χ1n) is 4.61. The van der Waals surface area contributed by atoms with Gasteiger partial charge in [0, 0.05) is 11.1 Å². The Kier molecular flexibility index (Phi) is 4.00. The van der Waals surface area contributed by atoms with Crippen molar-refractivity contribution in [3.05, 3.63) is 40.5 Å². The second kappa shape index (κ2) is 5.51. The van der Waals surface area contributed by atoms with Crippen molar-refractivity contribution in [2.24, 2.45) is 0 Å². The maximum absolute atomic E-state index is 10.8. The van der Waals surface area contributed by atoms with Crippen LogP contribution in [-0.2, 0) is 0 Å². The monoisotopic (exact) mass is 301 g/mol. The van der Waals surface area contributed by atoms with E-state index in [9.17, 15) is 4.79 Å². The highest BCUT2D eigenvalue weighted by Gasteiger charge is 2.10. The minimum atomic E-state index is -1.14. The highest BCUT2D eigenvalue weighted by Crippen LogP contribution is 2.34. The lowest BCUT2D eigenvalue weighted by molar-refractivity contribution is 0.0689. The van der Waals surface area contributed by atoms with Gasteiger partial charge in [0.15, 0.2) is 5.69 Å². The van der Waals surface area contributed by atoms with Gasteiger partial charge in [0.1, 0.15) is 10.2 Å². The molecule has 2 heterocycles. The van der Waals surface area contributed by atoms with E-state index in [0.29, 0.717) is 14.9 Å². The third-order valence-electron chi connectivity index (χ3n) is 1.86. The summed E-state index contributed by atoms with van der Waals surface area (Å²) in [5, 5.41) is 9.70. The predicted octanol–water partition coefficient (Wildman–Crippen LogP) is 3.03. The zero-order valence-electron chi connectivity index (χ0n) is 8.67.